The lowest BCUT2D eigenvalue weighted by Crippen LogP contribution is -2.26. The number of hydrogen-bond acceptors (Lipinski definition) is 3. The van der Waals surface area contributed by atoms with Crippen LogP contribution in [0.2, 0.25) is 0 Å². The summed E-state index contributed by atoms with van der Waals surface area (Å²) in [5, 5.41) is 2.65. The third-order valence-corrected chi connectivity index (χ3v) is 1.47. The van der Waals surface area contributed by atoms with Gasteiger partial charge < -0.3 is 10.3 Å². The third-order valence-electron chi connectivity index (χ3n) is 1.47. The van der Waals surface area contributed by atoms with Gasteiger partial charge in [0.15, 0.2) is 0 Å². The normalized spacial score (nSPS) is 10.6. The second-order valence-electron chi connectivity index (χ2n) is 2.44. The number of aromatic nitrogens is 2. The van der Waals surface area contributed by atoms with E-state index in [0.29, 0.717) is 11.4 Å². The van der Waals surface area contributed by atoms with Crippen molar-refractivity contribution in [1.29, 1.82) is 0 Å². The number of H-pyrrole nitrogens is 2. The molecular weight excluding hydrogens is 172 g/mol. The van der Waals surface area contributed by atoms with Gasteiger partial charge in [-0.2, -0.15) is 0 Å². The summed E-state index contributed by atoms with van der Waals surface area (Å²) in [4.78, 5) is 30.1. The van der Waals surface area contributed by atoms with Crippen molar-refractivity contribution in [3.8, 4) is 0 Å². The van der Waals surface area contributed by atoms with Gasteiger partial charge in [0.1, 0.15) is 5.69 Å². The van der Waals surface area contributed by atoms with Crippen LogP contribution in [0.1, 0.15) is 5.69 Å². The molecule has 0 aromatic carbocycles. The van der Waals surface area contributed by atoms with Crippen LogP contribution in [0.3, 0.4) is 0 Å². The van der Waals surface area contributed by atoms with E-state index in [9.17, 15) is 9.59 Å². The average molecular weight is 182 g/mol. The second kappa shape index (κ2) is 3.70. The van der Waals surface area contributed by atoms with Gasteiger partial charge in [-0.1, -0.05) is 0 Å². The van der Waals surface area contributed by atoms with Crippen molar-refractivity contribution >= 4 is 12.0 Å². The van der Waals surface area contributed by atoms with Crippen LogP contribution in [-0.2, 0) is 0 Å². The van der Waals surface area contributed by atoms with Gasteiger partial charge in [-0.15, -0.1) is 0 Å². The largest absolute Gasteiger partial charge is 0.341 e. The van der Waals surface area contributed by atoms with Crippen LogP contribution in [-0.4, -0.2) is 23.4 Å². The van der Waals surface area contributed by atoms with Crippen LogP contribution < -0.4 is 16.6 Å². The van der Waals surface area contributed by atoms with Gasteiger partial charge in [0, 0.05) is 12.7 Å². The minimum absolute atomic E-state index is 0.296. The standard InChI is InChI=1S/C7H10N4O2/c1-4-5(9-3-8-2)6(12)11-7(13)10-4/h3H,1-2H3,(H,8,9)(H2,10,11,12,13). The predicted octanol–water partition coefficient (Wildman–Crippen LogP) is -0.558. The molecule has 0 saturated carbocycles. The molecule has 70 valence electrons. The molecule has 0 fully saturated rings. The molecule has 0 saturated heterocycles. The fourth-order valence-corrected chi connectivity index (χ4v) is 0.903. The number of anilines is 1. The molecule has 0 atom stereocenters. The Kier molecular flexibility index (Phi) is 2.63. The fourth-order valence-electron chi connectivity index (χ4n) is 0.903. The van der Waals surface area contributed by atoms with E-state index in [2.05, 4.69) is 20.3 Å². The highest BCUT2D eigenvalue weighted by Crippen LogP contribution is 1.98. The molecule has 0 aliphatic rings. The molecule has 6 heteroatoms. The Morgan fingerprint density at radius 3 is 2.62 bits per heavy atom. The van der Waals surface area contributed by atoms with Crippen LogP contribution in [0.15, 0.2) is 14.6 Å². The predicted molar refractivity (Wildman–Crippen MR) is 50.5 cm³/mol. The van der Waals surface area contributed by atoms with Gasteiger partial charge in [-0.3, -0.25) is 14.8 Å². The summed E-state index contributed by atoms with van der Waals surface area (Å²) in [7, 11) is 1.57. The highest BCUT2D eigenvalue weighted by atomic mass is 16.2. The second-order valence-corrected chi connectivity index (χ2v) is 2.44. The number of nitrogens with one attached hydrogen (secondary N) is 3. The van der Waals surface area contributed by atoms with Crippen molar-refractivity contribution in [2.75, 3.05) is 12.4 Å². The van der Waals surface area contributed by atoms with Gasteiger partial charge >= 0.3 is 5.69 Å². The molecule has 3 N–H and O–H groups in total. The molecule has 1 aromatic heterocycles. The number of aliphatic imine (C=N–C) groups is 1. The molecule has 13 heavy (non-hydrogen) atoms. The summed E-state index contributed by atoms with van der Waals surface area (Å²) >= 11 is 0. The Labute approximate surface area is 73.7 Å². The van der Waals surface area contributed by atoms with Crippen LogP contribution >= 0.6 is 0 Å². The number of aryl methyl sites for hydroxylation is 1. The summed E-state index contributed by atoms with van der Waals surface area (Å²) in [6, 6.07) is 0. The van der Waals surface area contributed by atoms with E-state index in [1.165, 1.54) is 6.34 Å². The first kappa shape index (κ1) is 9.24. The fraction of sp³-hybridized carbons (Fsp3) is 0.286. The smallest absolute Gasteiger partial charge is 0.326 e. The van der Waals surface area contributed by atoms with Crippen LogP contribution in [0, 0.1) is 6.92 Å². The van der Waals surface area contributed by atoms with Crippen molar-refractivity contribution in [2.24, 2.45) is 4.99 Å². The minimum atomic E-state index is -0.513. The molecule has 0 bridgehead atoms. The summed E-state index contributed by atoms with van der Waals surface area (Å²) in [5.74, 6) is 0. The van der Waals surface area contributed by atoms with Gasteiger partial charge in [-0.05, 0) is 6.92 Å². The van der Waals surface area contributed by atoms with E-state index in [0.717, 1.165) is 0 Å². The molecule has 0 aliphatic heterocycles. The summed E-state index contributed by atoms with van der Waals surface area (Å²) < 4.78 is 0. The van der Waals surface area contributed by atoms with E-state index in [1.807, 2.05) is 0 Å². The number of aromatic amines is 2. The Morgan fingerprint density at radius 1 is 1.38 bits per heavy atom. The maximum Gasteiger partial charge on any atom is 0.326 e. The quantitative estimate of drug-likeness (QED) is 0.423. The summed E-state index contributed by atoms with van der Waals surface area (Å²) in [6.07, 6.45) is 1.37. The van der Waals surface area contributed by atoms with E-state index < -0.39 is 11.2 Å². The lowest BCUT2D eigenvalue weighted by Gasteiger charge is -2.01. The van der Waals surface area contributed by atoms with Crippen molar-refractivity contribution in [1.82, 2.24) is 9.97 Å². The first-order chi connectivity index (χ1) is 6.15. The van der Waals surface area contributed by atoms with Crippen LogP contribution in [0.5, 0.6) is 0 Å². The number of rotatable bonds is 2. The van der Waals surface area contributed by atoms with E-state index in [4.69, 9.17) is 0 Å². The van der Waals surface area contributed by atoms with Gasteiger partial charge in [0.25, 0.3) is 5.56 Å². The Hall–Kier alpha value is -1.85. The molecular formula is C7H10N4O2. The van der Waals surface area contributed by atoms with E-state index in [1.54, 1.807) is 14.0 Å². The van der Waals surface area contributed by atoms with E-state index in [-0.39, 0.29) is 0 Å². The molecule has 0 radical (unpaired) electrons. The summed E-state index contributed by atoms with van der Waals surface area (Å²) in [6.45, 7) is 1.63. The topological polar surface area (TPSA) is 90.1 Å². The van der Waals surface area contributed by atoms with Crippen LogP contribution in [0.25, 0.3) is 0 Å². The molecule has 1 rings (SSSR count). The lowest BCUT2D eigenvalue weighted by molar-refractivity contribution is 1.00. The molecule has 6 nitrogen and oxygen atoms in total. The van der Waals surface area contributed by atoms with Gasteiger partial charge in [-0.25, -0.2) is 4.79 Å². The third kappa shape index (κ3) is 2.05. The highest BCUT2D eigenvalue weighted by molar-refractivity contribution is 5.75. The zero-order chi connectivity index (χ0) is 9.84. The molecule has 0 amide bonds. The maximum absolute atomic E-state index is 11.2. The van der Waals surface area contributed by atoms with Gasteiger partial charge in [0.2, 0.25) is 0 Å². The minimum Gasteiger partial charge on any atom is -0.341 e. The van der Waals surface area contributed by atoms with Crippen molar-refractivity contribution in [2.45, 2.75) is 6.92 Å². The molecule has 0 spiro atoms. The summed E-state index contributed by atoms with van der Waals surface area (Å²) in [5.41, 5.74) is -0.193. The first-order valence-electron chi connectivity index (χ1n) is 3.65. The zero-order valence-corrected chi connectivity index (χ0v) is 7.34. The molecule has 0 unspecified atom stereocenters. The Balaban J connectivity index is 3.21. The SMILES string of the molecule is CN=CNc1c(C)[nH]c(=O)[nH]c1=O. The van der Waals surface area contributed by atoms with Crippen molar-refractivity contribution in [3.63, 3.8) is 0 Å². The van der Waals surface area contributed by atoms with Crippen molar-refractivity contribution < 1.29 is 0 Å². The zero-order valence-electron chi connectivity index (χ0n) is 7.34. The van der Waals surface area contributed by atoms with Crippen molar-refractivity contribution in [3.05, 3.63) is 26.5 Å². The maximum atomic E-state index is 11.2. The molecule has 1 heterocycles. The average Bonchev–Trinajstić information content (AvgIpc) is 2.02. The first-order valence-corrected chi connectivity index (χ1v) is 3.65. The van der Waals surface area contributed by atoms with E-state index >= 15 is 0 Å². The highest BCUT2D eigenvalue weighted by Gasteiger charge is 2.02. The Bertz CT molecular complexity index is 429. The monoisotopic (exact) mass is 182 g/mol. The van der Waals surface area contributed by atoms with Gasteiger partial charge in [0.05, 0.1) is 6.34 Å². The molecule has 0 aliphatic carbocycles. The number of hydrogen-bond donors (Lipinski definition) is 3. The lowest BCUT2D eigenvalue weighted by atomic mass is 10.4. The number of nitrogens with zero attached hydrogens (tertiary/aromatic N) is 1. The molecule has 1 aromatic rings. The van der Waals surface area contributed by atoms with Crippen LogP contribution in [0.4, 0.5) is 5.69 Å². The Morgan fingerprint density at radius 2 is 2.08 bits per heavy atom.